The summed E-state index contributed by atoms with van der Waals surface area (Å²) in [7, 11) is 3.77. The van der Waals surface area contributed by atoms with Crippen LogP contribution in [0.5, 0.6) is 0 Å². The second kappa shape index (κ2) is 18.8. The quantitative estimate of drug-likeness (QED) is 0.372. The minimum Gasteiger partial charge on any atom is -0.370 e. The van der Waals surface area contributed by atoms with Gasteiger partial charge in [0.1, 0.15) is 6.67 Å². The molecule has 0 aromatic heterocycles. The molecule has 0 unspecified atom stereocenters. The molecule has 0 heterocycles. The minimum atomic E-state index is -0.625. The van der Waals surface area contributed by atoms with Gasteiger partial charge in [0.05, 0.1) is 11.4 Å². The molecular formula is C24H38FN3O. The largest absolute Gasteiger partial charge is 0.370 e. The first-order chi connectivity index (χ1) is 13.9. The first kappa shape index (κ1) is 28.6. The van der Waals surface area contributed by atoms with E-state index in [1.165, 1.54) is 0 Å². The van der Waals surface area contributed by atoms with Crippen molar-refractivity contribution in [3.8, 4) is 12.3 Å². The maximum atomic E-state index is 13.7. The van der Waals surface area contributed by atoms with E-state index in [9.17, 15) is 9.18 Å². The molecule has 1 N–H and O–H groups in total. The third kappa shape index (κ3) is 12.5. The lowest BCUT2D eigenvalue weighted by Gasteiger charge is -2.29. The van der Waals surface area contributed by atoms with Gasteiger partial charge in [-0.3, -0.25) is 4.79 Å². The van der Waals surface area contributed by atoms with E-state index >= 15 is 0 Å². The van der Waals surface area contributed by atoms with Crippen molar-refractivity contribution in [2.75, 3.05) is 27.3 Å². The highest BCUT2D eigenvalue weighted by atomic mass is 19.1. The Bertz CT molecular complexity index is 631. The predicted octanol–water partition coefficient (Wildman–Crippen LogP) is 4.61. The molecule has 5 heteroatoms. The molecule has 0 aliphatic heterocycles. The molecule has 0 saturated carbocycles. The van der Waals surface area contributed by atoms with Crippen LogP contribution in [0.15, 0.2) is 53.9 Å². The monoisotopic (exact) mass is 403 g/mol. The number of benzene rings is 1. The van der Waals surface area contributed by atoms with Crippen molar-refractivity contribution in [2.24, 2.45) is 0 Å². The normalized spacial score (nSPS) is 10.8. The molecule has 29 heavy (non-hydrogen) atoms. The van der Waals surface area contributed by atoms with E-state index in [4.69, 9.17) is 0 Å². The van der Waals surface area contributed by atoms with E-state index < -0.39 is 6.67 Å². The molecule has 0 fully saturated rings. The van der Waals surface area contributed by atoms with Gasteiger partial charge in [-0.15, -0.1) is 12.3 Å². The number of terminal acetylenes is 1. The molecule has 0 aliphatic rings. The Hall–Kier alpha value is -2.58. The van der Waals surface area contributed by atoms with E-state index in [-0.39, 0.29) is 6.04 Å². The number of carbonyl (C=O) groups is 1. The highest BCUT2D eigenvalue weighted by molar-refractivity contribution is 5.54. The average Bonchev–Trinajstić information content (AvgIpc) is 2.70. The number of carbonyl (C=O) groups excluding carboxylic acids is 1. The van der Waals surface area contributed by atoms with Crippen LogP contribution in [-0.2, 0) is 11.3 Å². The van der Waals surface area contributed by atoms with E-state index in [2.05, 4.69) is 24.6 Å². The van der Waals surface area contributed by atoms with Crippen LogP contribution in [-0.4, -0.2) is 49.6 Å². The number of allylic oxidation sites excluding steroid dienone is 3. The molecule has 1 aromatic rings. The number of amides is 1. The summed E-state index contributed by atoms with van der Waals surface area (Å²) in [5.41, 5.74) is 2.20. The summed E-state index contributed by atoms with van der Waals surface area (Å²) in [5.74, 6) is 2.25. The Kier molecular flexibility index (Phi) is 18.5. The molecule has 0 atom stereocenters. The molecule has 1 rings (SSSR count). The molecule has 0 spiro atoms. The fraction of sp³-hybridized carbons (Fsp3) is 0.458. The number of alkyl halides is 1. The Morgan fingerprint density at radius 3 is 2.17 bits per heavy atom. The molecule has 1 amide bonds. The summed E-state index contributed by atoms with van der Waals surface area (Å²) >= 11 is 0. The smallest absolute Gasteiger partial charge is 0.214 e. The Morgan fingerprint density at radius 2 is 1.83 bits per heavy atom. The SMILES string of the molecule is C#CC.C/C=C\C(=C(/CF)N(C)Cc1ccccc1)N(C=O)C(C)C.CCNC. The zero-order valence-corrected chi connectivity index (χ0v) is 19.1. The first-order valence-electron chi connectivity index (χ1n) is 9.80. The van der Waals surface area contributed by atoms with Crippen molar-refractivity contribution in [3.63, 3.8) is 0 Å². The molecule has 0 radical (unpaired) electrons. The first-order valence-corrected chi connectivity index (χ1v) is 9.80. The van der Waals surface area contributed by atoms with Crippen molar-refractivity contribution >= 4 is 6.41 Å². The van der Waals surface area contributed by atoms with Crippen molar-refractivity contribution in [2.45, 2.75) is 47.2 Å². The standard InChI is InChI=1S/C18H25FN2O.C3H9N.C3H4/c1-5-9-17(21(14-22)15(2)3)18(12-19)20(4)13-16-10-7-6-8-11-16;1-3-4-2;1-3-2/h5-11,14-15H,12-13H2,1-4H3;4H,3H2,1-2H3;1H,2H3/b9-5-,18-17-;;. The van der Waals surface area contributed by atoms with Gasteiger partial charge in [0.15, 0.2) is 0 Å². The Morgan fingerprint density at radius 1 is 1.31 bits per heavy atom. The summed E-state index contributed by atoms with van der Waals surface area (Å²) in [6.07, 6.45) is 8.96. The summed E-state index contributed by atoms with van der Waals surface area (Å²) in [4.78, 5) is 14.8. The molecule has 162 valence electrons. The zero-order chi connectivity index (χ0) is 22.7. The third-order valence-corrected chi connectivity index (χ3v) is 3.77. The number of nitrogens with one attached hydrogen (secondary N) is 1. The fourth-order valence-electron chi connectivity index (χ4n) is 2.26. The molecule has 4 nitrogen and oxygen atoms in total. The lowest BCUT2D eigenvalue weighted by atomic mass is 10.2. The van der Waals surface area contributed by atoms with Crippen LogP contribution in [0.1, 0.15) is 40.2 Å². The van der Waals surface area contributed by atoms with Crippen LogP contribution in [0, 0.1) is 12.3 Å². The number of hydrogen-bond acceptors (Lipinski definition) is 3. The molecule has 0 bridgehead atoms. The summed E-state index contributed by atoms with van der Waals surface area (Å²) in [5, 5.41) is 2.93. The van der Waals surface area contributed by atoms with Crippen molar-refractivity contribution in [1.82, 2.24) is 15.1 Å². The predicted molar refractivity (Wildman–Crippen MR) is 123 cm³/mol. The number of halogens is 1. The second-order valence-electron chi connectivity index (χ2n) is 6.41. The number of hydrogen-bond donors (Lipinski definition) is 1. The lowest BCUT2D eigenvalue weighted by Crippen LogP contribution is -2.32. The lowest BCUT2D eigenvalue weighted by molar-refractivity contribution is -0.117. The number of nitrogens with zero attached hydrogens (tertiary/aromatic N) is 2. The third-order valence-electron chi connectivity index (χ3n) is 3.77. The number of rotatable bonds is 9. The maximum Gasteiger partial charge on any atom is 0.214 e. The summed E-state index contributed by atoms with van der Waals surface area (Å²) < 4.78 is 13.7. The van der Waals surface area contributed by atoms with E-state index in [0.29, 0.717) is 17.9 Å². The van der Waals surface area contributed by atoms with Crippen LogP contribution in [0.25, 0.3) is 0 Å². The topological polar surface area (TPSA) is 35.6 Å². The second-order valence-corrected chi connectivity index (χ2v) is 6.41. The van der Waals surface area contributed by atoms with E-state index in [0.717, 1.165) is 18.5 Å². The molecule has 1 aromatic carbocycles. The van der Waals surface area contributed by atoms with Crippen molar-refractivity contribution in [3.05, 3.63) is 59.4 Å². The van der Waals surface area contributed by atoms with Gasteiger partial charge in [0.25, 0.3) is 0 Å². The van der Waals surface area contributed by atoms with Gasteiger partial charge in [-0.25, -0.2) is 4.39 Å². The van der Waals surface area contributed by atoms with Crippen LogP contribution < -0.4 is 5.32 Å². The van der Waals surface area contributed by atoms with E-state index in [1.54, 1.807) is 17.9 Å². The van der Waals surface area contributed by atoms with Crippen LogP contribution in [0.4, 0.5) is 4.39 Å². The van der Waals surface area contributed by atoms with Crippen LogP contribution in [0.2, 0.25) is 0 Å². The van der Waals surface area contributed by atoms with E-state index in [1.807, 2.05) is 76.2 Å². The molecule has 0 aliphatic carbocycles. The maximum absolute atomic E-state index is 13.7. The Balaban J connectivity index is 0. The van der Waals surface area contributed by atoms with Crippen LogP contribution in [0.3, 0.4) is 0 Å². The van der Waals surface area contributed by atoms with Gasteiger partial charge in [-0.05, 0) is 52.9 Å². The van der Waals surface area contributed by atoms with Gasteiger partial charge in [0.2, 0.25) is 6.41 Å². The van der Waals surface area contributed by atoms with Gasteiger partial charge >= 0.3 is 0 Å². The zero-order valence-electron chi connectivity index (χ0n) is 19.1. The van der Waals surface area contributed by atoms with Gasteiger partial charge in [0, 0.05) is 19.6 Å². The van der Waals surface area contributed by atoms with Crippen LogP contribution >= 0.6 is 0 Å². The molecule has 0 saturated heterocycles. The summed E-state index contributed by atoms with van der Waals surface area (Å²) in [6, 6.07) is 9.84. The van der Waals surface area contributed by atoms with Gasteiger partial charge in [-0.1, -0.05) is 43.3 Å². The van der Waals surface area contributed by atoms with Gasteiger partial charge < -0.3 is 15.1 Å². The fourth-order valence-corrected chi connectivity index (χ4v) is 2.26. The van der Waals surface area contributed by atoms with Crippen molar-refractivity contribution < 1.29 is 9.18 Å². The van der Waals surface area contributed by atoms with Crippen molar-refractivity contribution in [1.29, 1.82) is 0 Å². The average molecular weight is 404 g/mol. The Labute approximate surface area is 177 Å². The highest BCUT2D eigenvalue weighted by Crippen LogP contribution is 2.19. The van der Waals surface area contributed by atoms with Gasteiger partial charge in [-0.2, -0.15) is 0 Å². The summed E-state index contributed by atoms with van der Waals surface area (Å²) in [6.45, 7) is 10.4. The highest BCUT2D eigenvalue weighted by Gasteiger charge is 2.18. The molecular weight excluding hydrogens is 365 g/mol. The minimum absolute atomic E-state index is 0.0321.